The maximum atomic E-state index is 12.2. The molecular formula is C15H20N2O2. The molecular weight excluding hydrogens is 240 g/mol. The first-order valence-corrected chi connectivity index (χ1v) is 7.02. The van der Waals surface area contributed by atoms with E-state index in [1.807, 2.05) is 24.3 Å². The Morgan fingerprint density at radius 2 is 2.21 bits per heavy atom. The van der Waals surface area contributed by atoms with Gasteiger partial charge in [0, 0.05) is 6.04 Å². The molecule has 3 atom stereocenters. The van der Waals surface area contributed by atoms with Crippen LogP contribution in [0.5, 0.6) is 5.75 Å². The van der Waals surface area contributed by atoms with E-state index < -0.39 is 6.10 Å². The molecule has 1 saturated carbocycles. The first kappa shape index (κ1) is 12.3. The molecule has 19 heavy (non-hydrogen) atoms. The number of para-hydroxylation sites is 2. The number of ether oxygens (including phenoxy) is 1. The average molecular weight is 260 g/mol. The number of benzene rings is 1. The molecule has 1 aliphatic heterocycles. The second-order valence-electron chi connectivity index (χ2n) is 5.61. The lowest BCUT2D eigenvalue weighted by Crippen LogP contribution is -2.47. The minimum atomic E-state index is -0.425. The zero-order chi connectivity index (χ0) is 13.2. The van der Waals surface area contributed by atoms with Crippen LogP contribution in [0.1, 0.15) is 26.2 Å². The van der Waals surface area contributed by atoms with Gasteiger partial charge in [-0.3, -0.25) is 4.79 Å². The minimum absolute atomic E-state index is 0.00102. The number of carbonyl (C=O) groups is 1. The van der Waals surface area contributed by atoms with Crippen LogP contribution in [0, 0.1) is 5.92 Å². The fraction of sp³-hybridized carbons (Fsp3) is 0.533. The monoisotopic (exact) mass is 260 g/mol. The molecule has 1 aromatic rings. The first-order valence-electron chi connectivity index (χ1n) is 7.02. The van der Waals surface area contributed by atoms with Crippen LogP contribution in [0.15, 0.2) is 24.3 Å². The van der Waals surface area contributed by atoms with Gasteiger partial charge in [-0.25, -0.2) is 0 Å². The summed E-state index contributed by atoms with van der Waals surface area (Å²) < 4.78 is 5.76. The molecule has 4 nitrogen and oxygen atoms in total. The van der Waals surface area contributed by atoms with Crippen LogP contribution in [0.3, 0.4) is 0 Å². The lowest BCUT2D eigenvalue weighted by atomic mass is 10.1. The van der Waals surface area contributed by atoms with E-state index in [0.717, 1.165) is 30.2 Å². The number of fused-ring (bicyclic) bond motifs is 1. The summed E-state index contributed by atoms with van der Waals surface area (Å²) >= 11 is 0. The molecule has 0 bridgehead atoms. The van der Waals surface area contributed by atoms with Crippen LogP contribution in [-0.2, 0) is 4.79 Å². The molecule has 3 unspecified atom stereocenters. The van der Waals surface area contributed by atoms with Gasteiger partial charge >= 0.3 is 0 Å². The molecule has 3 rings (SSSR count). The highest BCUT2D eigenvalue weighted by atomic mass is 16.5. The standard InChI is InChI=1S/C15H20N2O2/c1-10-6-7-11(8-10)17-15(18)14-9-16-12-4-2-3-5-13(12)19-14/h2-5,10-11,14,16H,6-9H2,1H3,(H,17,18). The SMILES string of the molecule is CC1CCC(NC(=O)C2CNc3ccccc3O2)C1. The second-order valence-corrected chi connectivity index (χ2v) is 5.61. The number of hydrogen-bond donors (Lipinski definition) is 2. The van der Waals surface area contributed by atoms with Crippen molar-refractivity contribution >= 4 is 11.6 Å². The fourth-order valence-corrected chi connectivity index (χ4v) is 2.89. The third-order valence-electron chi connectivity index (χ3n) is 3.97. The number of hydrogen-bond acceptors (Lipinski definition) is 3. The largest absolute Gasteiger partial charge is 0.477 e. The van der Waals surface area contributed by atoms with Crippen LogP contribution in [0.25, 0.3) is 0 Å². The summed E-state index contributed by atoms with van der Waals surface area (Å²) in [5.41, 5.74) is 0.959. The summed E-state index contributed by atoms with van der Waals surface area (Å²) in [5, 5.41) is 6.35. The van der Waals surface area contributed by atoms with Gasteiger partial charge in [0.05, 0.1) is 12.2 Å². The van der Waals surface area contributed by atoms with Gasteiger partial charge in [0.2, 0.25) is 0 Å². The predicted molar refractivity (Wildman–Crippen MR) is 74.3 cm³/mol. The van der Waals surface area contributed by atoms with Crippen molar-refractivity contribution in [2.24, 2.45) is 5.92 Å². The maximum Gasteiger partial charge on any atom is 0.263 e. The summed E-state index contributed by atoms with van der Waals surface area (Å²) in [6, 6.07) is 8.04. The quantitative estimate of drug-likeness (QED) is 0.856. The predicted octanol–water partition coefficient (Wildman–Crippen LogP) is 2.16. The third-order valence-corrected chi connectivity index (χ3v) is 3.97. The smallest absolute Gasteiger partial charge is 0.263 e. The molecule has 2 aliphatic rings. The van der Waals surface area contributed by atoms with E-state index in [0.29, 0.717) is 12.6 Å². The van der Waals surface area contributed by atoms with Crippen molar-refractivity contribution in [3.8, 4) is 5.75 Å². The van der Waals surface area contributed by atoms with Gasteiger partial charge in [-0.05, 0) is 37.3 Å². The van der Waals surface area contributed by atoms with Crippen LogP contribution in [0.2, 0.25) is 0 Å². The lowest BCUT2D eigenvalue weighted by molar-refractivity contribution is -0.128. The maximum absolute atomic E-state index is 12.2. The third kappa shape index (κ3) is 2.67. The summed E-state index contributed by atoms with van der Waals surface area (Å²) in [6.45, 7) is 2.77. The van der Waals surface area contributed by atoms with Gasteiger partial charge in [-0.1, -0.05) is 19.1 Å². The molecule has 1 fully saturated rings. The van der Waals surface area contributed by atoms with E-state index in [-0.39, 0.29) is 5.91 Å². The van der Waals surface area contributed by atoms with Crippen LogP contribution >= 0.6 is 0 Å². The number of rotatable bonds is 2. The zero-order valence-electron chi connectivity index (χ0n) is 11.2. The van der Waals surface area contributed by atoms with Crippen LogP contribution in [-0.4, -0.2) is 24.6 Å². The van der Waals surface area contributed by atoms with Crippen molar-refractivity contribution in [1.29, 1.82) is 0 Å². The molecule has 1 heterocycles. The summed E-state index contributed by atoms with van der Waals surface area (Å²) in [4.78, 5) is 12.2. The van der Waals surface area contributed by atoms with Gasteiger partial charge in [0.1, 0.15) is 5.75 Å². The summed E-state index contributed by atoms with van der Waals surface area (Å²) in [6.07, 6.45) is 2.95. The van der Waals surface area contributed by atoms with E-state index in [1.165, 1.54) is 6.42 Å². The highest BCUT2D eigenvalue weighted by molar-refractivity contribution is 5.83. The Morgan fingerprint density at radius 1 is 1.37 bits per heavy atom. The molecule has 1 aliphatic carbocycles. The van der Waals surface area contributed by atoms with E-state index in [9.17, 15) is 4.79 Å². The zero-order valence-corrected chi connectivity index (χ0v) is 11.2. The van der Waals surface area contributed by atoms with Gasteiger partial charge in [0.15, 0.2) is 6.10 Å². The molecule has 0 saturated heterocycles. The highest BCUT2D eigenvalue weighted by Gasteiger charge is 2.29. The minimum Gasteiger partial charge on any atom is -0.477 e. The Balaban J connectivity index is 1.60. The summed E-state index contributed by atoms with van der Waals surface area (Å²) in [5.74, 6) is 1.48. The van der Waals surface area contributed by atoms with Gasteiger partial charge < -0.3 is 15.4 Å². The molecule has 4 heteroatoms. The van der Waals surface area contributed by atoms with Crippen molar-refractivity contribution in [2.75, 3.05) is 11.9 Å². The number of carbonyl (C=O) groups excluding carboxylic acids is 1. The van der Waals surface area contributed by atoms with E-state index in [2.05, 4.69) is 17.6 Å². The molecule has 1 amide bonds. The van der Waals surface area contributed by atoms with Gasteiger partial charge in [-0.2, -0.15) is 0 Å². The molecule has 0 spiro atoms. The Bertz CT molecular complexity index is 475. The first-order chi connectivity index (χ1) is 9.22. The topological polar surface area (TPSA) is 50.4 Å². The normalized spacial score (nSPS) is 29.0. The van der Waals surface area contributed by atoms with Crippen molar-refractivity contribution < 1.29 is 9.53 Å². The molecule has 0 aromatic heterocycles. The summed E-state index contributed by atoms with van der Waals surface area (Å²) in [7, 11) is 0. The molecule has 2 N–H and O–H groups in total. The number of amides is 1. The Kier molecular flexibility index (Phi) is 3.32. The average Bonchev–Trinajstić information content (AvgIpc) is 2.83. The number of nitrogens with one attached hydrogen (secondary N) is 2. The second kappa shape index (κ2) is 5.11. The van der Waals surface area contributed by atoms with Crippen molar-refractivity contribution in [3.05, 3.63) is 24.3 Å². The lowest BCUT2D eigenvalue weighted by Gasteiger charge is -2.27. The van der Waals surface area contributed by atoms with E-state index >= 15 is 0 Å². The van der Waals surface area contributed by atoms with E-state index in [1.54, 1.807) is 0 Å². The molecule has 1 aromatic carbocycles. The van der Waals surface area contributed by atoms with Crippen molar-refractivity contribution in [3.63, 3.8) is 0 Å². The highest BCUT2D eigenvalue weighted by Crippen LogP contribution is 2.29. The fourth-order valence-electron chi connectivity index (χ4n) is 2.89. The Hall–Kier alpha value is -1.71. The van der Waals surface area contributed by atoms with Crippen molar-refractivity contribution in [1.82, 2.24) is 5.32 Å². The van der Waals surface area contributed by atoms with Crippen LogP contribution in [0.4, 0.5) is 5.69 Å². The Labute approximate surface area is 113 Å². The molecule has 102 valence electrons. The van der Waals surface area contributed by atoms with Gasteiger partial charge in [-0.15, -0.1) is 0 Å². The van der Waals surface area contributed by atoms with Gasteiger partial charge in [0.25, 0.3) is 5.91 Å². The number of anilines is 1. The Morgan fingerprint density at radius 3 is 3.00 bits per heavy atom. The van der Waals surface area contributed by atoms with E-state index in [4.69, 9.17) is 4.74 Å². The molecule has 0 radical (unpaired) electrons. The van der Waals surface area contributed by atoms with Crippen molar-refractivity contribution in [2.45, 2.75) is 38.3 Å². The van der Waals surface area contributed by atoms with Crippen LogP contribution < -0.4 is 15.4 Å².